The molecule has 0 amide bonds. The van der Waals surface area contributed by atoms with E-state index in [1.165, 1.54) is 63.8 Å². The van der Waals surface area contributed by atoms with E-state index in [9.17, 15) is 0 Å². The molecule has 37 heavy (non-hydrogen) atoms. The first-order valence-electron chi connectivity index (χ1n) is 14.0. The predicted molar refractivity (Wildman–Crippen MR) is 176 cm³/mol. The molecule has 0 atom stereocenters. The molecule has 1 aliphatic rings. The van der Waals surface area contributed by atoms with Crippen molar-refractivity contribution in [2.75, 3.05) is 7.05 Å². The fraction of sp³-hybridized carbons (Fsp3) is 0.528. The van der Waals surface area contributed by atoms with E-state index in [1.807, 2.05) is 34.7 Å². The first kappa shape index (κ1) is 39.1. The van der Waals surface area contributed by atoms with Gasteiger partial charge in [-0.3, -0.25) is 4.99 Å². The van der Waals surface area contributed by atoms with Crippen molar-refractivity contribution in [1.29, 1.82) is 0 Å². The third-order valence-electron chi connectivity index (χ3n) is 5.29. The summed E-state index contributed by atoms with van der Waals surface area (Å²) in [7, 11) is 1.86. The molecule has 0 heterocycles. The molecule has 0 saturated heterocycles. The summed E-state index contributed by atoms with van der Waals surface area (Å²) < 4.78 is 0. The van der Waals surface area contributed by atoms with Crippen molar-refractivity contribution in [1.82, 2.24) is 0 Å². The summed E-state index contributed by atoms with van der Waals surface area (Å²) in [6.45, 7) is 28.9. The zero-order valence-electron chi connectivity index (χ0n) is 26.1. The van der Waals surface area contributed by atoms with Crippen LogP contribution < -0.4 is 0 Å². The molecule has 1 heteroatoms. The van der Waals surface area contributed by atoms with Crippen molar-refractivity contribution < 1.29 is 0 Å². The average molecular weight is 508 g/mol. The lowest BCUT2D eigenvalue weighted by atomic mass is 9.89. The monoisotopic (exact) mass is 507 g/mol. The van der Waals surface area contributed by atoms with Crippen molar-refractivity contribution in [2.24, 2.45) is 4.99 Å². The van der Waals surface area contributed by atoms with Crippen LogP contribution in [0.1, 0.15) is 134 Å². The molecule has 2 aromatic carbocycles. The van der Waals surface area contributed by atoms with E-state index in [4.69, 9.17) is 0 Å². The second-order valence-corrected chi connectivity index (χ2v) is 9.80. The number of benzene rings is 2. The number of aryl methyl sites for hydroxylation is 3. The van der Waals surface area contributed by atoms with Gasteiger partial charge in [0, 0.05) is 12.8 Å². The van der Waals surface area contributed by atoms with E-state index < -0.39 is 0 Å². The van der Waals surface area contributed by atoms with E-state index in [-0.39, 0.29) is 7.43 Å². The summed E-state index contributed by atoms with van der Waals surface area (Å²) in [5.41, 5.74) is 12.2. The van der Waals surface area contributed by atoms with Gasteiger partial charge in [-0.2, -0.15) is 0 Å². The Hall–Kier alpha value is -2.41. The summed E-state index contributed by atoms with van der Waals surface area (Å²) in [6.07, 6.45) is 9.17. The summed E-state index contributed by atoms with van der Waals surface area (Å²) in [5, 5.41) is 0. The minimum atomic E-state index is 0. The summed E-state index contributed by atoms with van der Waals surface area (Å²) >= 11 is 0. The van der Waals surface area contributed by atoms with Crippen molar-refractivity contribution >= 4 is 11.8 Å². The van der Waals surface area contributed by atoms with Gasteiger partial charge in [-0.05, 0) is 92.8 Å². The molecule has 0 unspecified atom stereocenters. The summed E-state index contributed by atoms with van der Waals surface area (Å²) in [6, 6.07) is 11.3. The fourth-order valence-electron chi connectivity index (χ4n) is 3.69. The summed E-state index contributed by atoms with van der Waals surface area (Å²) in [4.78, 5) is 4.31. The quantitative estimate of drug-likeness (QED) is 0.288. The molecule has 0 spiro atoms. The third kappa shape index (κ3) is 16.1. The van der Waals surface area contributed by atoms with Gasteiger partial charge >= 0.3 is 0 Å². The average Bonchev–Trinajstić information content (AvgIpc) is 3.28. The molecule has 1 nitrogen and oxygen atoms in total. The number of fused-ring (bicyclic) bond motifs is 1. The highest BCUT2D eigenvalue weighted by Crippen LogP contribution is 2.25. The smallest absolute Gasteiger partial charge is 0.0388 e. The molecular formula is C36H61N. The molecule has 0 fully saturated rings. The number of hydrogen-bond donors (Lipinski definition) is 0. The van der Waals surface area contributed by atoms with Gasteiger partial charge in [0.1, 0.15) is 0 Å². The van der Waals surface area contributed by atoms with Crippen LogP contribution in [0.3, 0.4) is 0 Å². The first-order chi connectivity index (χ1) is 17.0. The number of aliphatic imine (C=N–C) groups is 1. The third-order valence-corrected chi connectivity index (χ3v) is 5.29. The highest BCUT2D eigenvalue weighted by Gasteiger charge is 2.11. The normalized spacial score (nSPS) is 10.7. The van der Waals surface area contributed by atoms with Crippen LogP contribution in [-0.4, -0.2) is 12.8 Å². The van der Waals surface area contributed by atoms with Crippen molar-refractivity contribution in [3.05, 3.63) is 87.5 Å². The maximum Gasteiger partial charge on any atom is 0.0388 e. The molecule has 0 radical (unpaired) electrons. The van der Waals surface area contributed by atoms with Crippen LogP contribution in [0.25, 0.3) is 6.08 Å². The first-order valence-corrected chi connectivity index (χ1v) is 14.0. The van der Waals surface area contributed by atoms with Crippen molar-refractivity contribution in [2.45, 2.75) is 122 Å². The molecule has 210 valence electrons. The van der Waals surface area contributed by atoms with E-state index in [0.717, 1.165) is 12.1 Å². The predicted octanol–water partition coefficient (Wildman–Crippen LogP) is 11.7. The van der Waals surface area contributed by atoms with Gasteiger partial charge in [0.25, 0.3) is 0 Å². The Morgan fingerprint density at radius 3 is 1.97 bits per heavy atom. The maximum atomic E-state index is 4.31. The van der Waals surface area contributed by atoms with Gasteiger partial charge < -0.3 is 0 Å². The number of rotatable bonds is 4. The number of nitrogens with zero attached hydrogens (tertiary/aromatic N) is 1. The molecule has 0 N–H and O–H groups in total. The van der Waals surface area contributed by atoms with Crippen LogP contribution in [0.4, 0.5) is 0 Å². The number of hydrogen-bond acceptors (Lipinski definition) is 1. The van der Waals surface area contributed by atoms with Crippen LogP contribution in [0.2, 0.25) is 0 Å². The Balaban J connectivity index is -0.000000488. The molecule has 2 aromatic rings. The minimum Gasteiger partial charge on any atom is -0.293 e. The number of allylic oxidation sites excluding steroid dienone is 2. The highest BCUT2D eigenvalue weighted by molar-refractivity contribution is 6.00. The van der Waals surface area contributed by atoms with Crippen LogP contribution >= 0.6 is 0 Å². The van der Waals surface area contributed by atoms with Gasteiger partial charge in [-0.1, -0.05) is 116 Å². The lowest BCUT2D eigenvalue weighted by Gasteiger charge is -2.17. The molecule has 1 aliphatic carbocycles. The van der Waals surface area contributed by atoms with Crippen LogP contribution in [0.15, 0.2) is 53.6 Å². The zero-order valence-corrected chi connectivity index (χ0v) is 26.1. The topological polar surface area (TPSA) is 12.4 Å². The Kier molecular flexibility index (Phi) is 24.1. The van der Waals surface area contributed by atoms with E-state index >= 15 is 0 Å². The van der Waals surface area contributed by atoms with Gasteiger partial charge in [0.05, 0.1) is 0 Å². The molecule has 0 saturated carbocycles. The Morgan fingerprint density at radius 1 is 0.973 bits per heavy atom. The SMILES string of the molecule is C.C=C(C)C.CC.CCC.CCCc1cc(C)c(C(C)=NC)cc1C(C)C.Cc1ccc2c(c1)C=CC2. The molecule has 0 aliphatic heterocycles. The minimum absolute atomic E-state index is 0. The lowest BCUT2D eigenvalue weighted by molar-refractivity contribution is 0.819. The van der Waals surface area contributed by atoms with Gasteiger partial charge in [-0.25, -0.2) is 0 Å². The second kappa shape index (κ2) is 22.8. The Morgan fingerprint density at radius 2 is 1.51 bits per heavy atom. The highest BCUT2D eigenvalue weighted by atomic mass is 14.7. The molecule has 0 bridgehead atoms. The van der Waals surface area contributed by atoms with Gasteiger partial charge in [0.2, 0.25) is 0 Å². The van der Waals surface area contributed by atoms with E-state index in [1.54, 1.807) is 0 Å². The van der Waals surface area contributed by atoms with Crippen molar-refractivity contribution in [3.8, 4) is 0 Å². The fourth-order valence-corrected chi connectivity index (χ4v) is 3.69. The lowest BCUT2D eigenvalue weighted by Crippen LogP contribution is -2.04. The van der Waals surface area contributed by atoms with Crippen molar-refractivity contribution in [3.63, 3.8) is 0 Å². The second-order valence-electron chi connectivity index (χ2n) is 9.80. The van der Waals surface area contributed by atoms with Crippen LogP contribution in [0.5, 0.6) is 0 Å². The molecule has 0 aromatic heterocycles. The van der Waals surface area contributed by atoms with E-state index in [0.29, 0.717) is 5.92 Å². The van der Waals surface area contributed by atoms with E-state index in [2.05, 4.69) is 109 Å². The molecular weight excluding hydrogens is 446 g/mol. The summed E-state index contributed by atoms with van der Waals surface area (Å²) in [5.74, 6) is 0.584. The Bertz CT molecular complexity index is 937. The van der Waals surface area contributed by atoms with Gasteiger partial charge in [0.15, 0.2) is 0 Å². The van der Waals surface area contributed by atoms with Gasteiger partial charge in [-0.15, -0.1) is 6.58 Å². The standard InChI is InChI=1S/C16H25N.C10H10.C4H8.C3H8.C2H6.CH4/c1-7-8-14-9-12(4)16(13(5)17-6)10-15(14)11(2)3;1-8-5-6-9-3-2-4-10(9)7-8;1-4(2)3;1-3-2;1-2;/h9-11H,7-8H2,1-6H3;2,4-7H,3H2,1H3;1H2,2-3H3;3H2,1-2H3;1-2H3;1H4. The molecule has 3 rings (SSSR count). The maximum absolute atomic E-state index is 4.31. The zero-order chi connectivity index (χ0) is 28.3. The Labute approximate surface area is 233 Å². The van der Waals surface area contributed by atoms with Crippen LogP contribution in [-0.2, 0) is 12.8 Å². The van der Waals surface area contributed by atoms with Crippen LogP contribution in [0, 0.1) is 13.8 Å². The largest absolute Gasteiger partial charge is 0.293 e.